The molecule has 0 bridgehead atoms. The average Bonchev–Trinajstić information content (AvgIpc) is 4.09. The van der Waals surface area contributed by atoms with Crippen molar-refractivity contribution in [1.29, 1.82) is 0 Å². The number of nitrogens with zero attached hydrogens (tertiary/aromatic N) is 2. The molecule has 0 saturated heterocycles. The second kappa shape index (κ2) is 15.7. The summed E-state index contributed by atoms with van der Waals surface area (Å²) in [5.74, 6) is 0. The third-order valence-corrected chi connectivity index (χ3v) is 14.2. The van der Waals surface area contributed by atoms with Gasteiger partial charge in [-0.05, 0) is 99.1 Å². The van der Waals surface area contributed by atoms with Crippen molar-refractivity contribution in [1.82, 2.24) is 9.13 Å². The molecule has 0 fully saturated rings. The van der Waals surface area contributed by atoms with E-state index in [1.165, 1.54) is 77.1 Å². The molecule has 69 heavy (non-hydrogen) atoms. The maximum absolute atomic E-state index is 6.81. The Bertz CT molecular complexity index is 4110. The number of aromatic nitrogens is 2. The van der Waals surface area contributed by atoms with E-state index in [1.807, 2.05) is 6.07 Å². The smallest absolute Gasteiger partial charge is 0.143 e. The number of para-hydroxylation sites is 4. The fraction of sp³-hybridized carbons (Fsp3) is 0. The fourth-order valence-corrected chi connectivity index (χ4v) is 11.1. The predicted octanol–water partition coefficient (Wildman–Crippen LogP) is 18.1. The van der Waals surface area contributed by atoms with Gasteiger partial charge in [0.05, 0.1) is 27.8 Å². The Balaban J connectivity index is 1.09. The van der Waals surface area contributed by atoms with Crippen LogP contribution in [0.4, 0.5) is 0 Å². The topological polar surface area (TPSA) is 23.0 Å². The van der Waals surface area contributed by atoms with Crippen molar-refractivity contribution < 1.29 is 4.42 Å². The molecule has 0 atom stereocenters. The van der Waals surface area contributed by atoms with E-state index in [-0.39, 0.29) is 0 Å². The molecule has 0 N–H and O–H groups in total. The second-order valence-corrected chi connectivity index (χ2v) is 18.0. The maximum atomic E-state index is 6.81. The largest absolute Gasteiger partial charge is 0.455 e. The highest BCUT2D eigenvalue weighted by Gasteiger charge is 2.23. The molecule has 0 saturated carbocycles. The minimum absolute atomic E-state index is 0.880. The summed E-state index contributed by atoms with van der Waals surface area (Å²) in [6.07, 6.45) is 0. The summed E-state index contributed by atoms with van der Waals surface area (Å²) in [6, 6.07) is 92.6. The van der Waals surface area contributed by atoms with Gasteiger partial charge < -0.3 is 13.6 Å². The van der Waals surface area contributed by atoms with E-state index < -0.39 is 0 Å². The Morgan fingerprint density at radius 1 is 0.246 bits per heavy atom. The van der Waals surface area contributed by atoms with Gasteiger partial charge >= 0.3 is 0 Å². The highest BCUT2D eigenvalue weighted by atomic mass is 16.3. The van der Waals surface area contributed by atoms with Crippen molar-refractivity contribution in [2.45, 2.75) is 0 Å². The van der Waals surface area contributed by atoms with E-state index in [0.29, 0.717) is 0 Å². The fourth-order valence-electron chi connectivity index (χ4n) is 11.1. The van der Waals surface area contributed by atoms with Crippen molar-refractivity contribution in [2.75, 3.05) is 0 Å². The van der Waals surface area contributed by atoms with Gasteiger partial charge in [-0.3, -0.25) is 0 Å². The van der Waals surface area contributed by atoms with Gasteiger partial charge in [0, 0.05) is 49.1 Å². The normalized spacial score (nSPS) is 11.8. The Kier molecular flexibility index (Phi) is 8.90. The summed E-state index contributed by atoms with van der Waals surface area (Å²) in [6.45, 7) is 0. The molecule has 11 aromatic carbocycles. The zero-order chi connectivity index (χ0) is 45.4. The van der Waals surface area contributed by atoms with Crippen molar-refractivity contribution >= 4 is 65.6 Å². The molecule has 0 amide bonds. The molecule has 3 nitrogen and oxygen atoms in total. The first-order valence-corrected chi connectivity index (χ1v) is 23.7. The third-order valence-electron chi connectivity index (χ3n) is 14.2. The van der Waals surface area contributed by atoms with E-state index in [0.717, 1.165) is 55.5 Å². The first-order valence-electron chi connectivity index (χ1n) is 23.7. The molecular formula is C66H42N2O. The van der Waals surface area contributed by atoms with Gasteiger partial charge in [0.15, 0.2) is 0 Å². The van der Waals surface area contributed by atoms with Crippen LogP contribution in [0.25, 0.3) is 133 Å². The molecule has 0 aliphatic heterocycles. The van der Waals surface area contributed by atoms with Crippen LogP contribution in [0.1, 0.15) is 0 Å². The first-order chi connectivity index (χ1) is 34.2. The van der Waals surface area contributed by atoms with Gasteiger partial charge in [-0.1, -0.05) is 200 Å². The molecule has 0 aliphatic rings. The van der Waals surface area contributed by atoms with E-state index in [1.54, 1.807) is 0 Å². The van der Waals surface area contributed by atoms with E-state index in [4.69, 9.17) is 4.42 Å². The van der Waals surface area contributed by atoms with Crippen LogP contribution in [-0.2, 0) is 0 Å². The summed E-state index contributed by atoms with van der Waals surface area (Å²) in [4.78, 5) is 0. The number of fused-ring (bicyclic) bond motifs is 9. The monoisotopic (exact) mass is 878 g/mol. The van der Waals surface area contributed by atoms with E-state index in [2.05, 4.69) is 258 Å². The highest BCUT2D eigenvalue weighted by molar-refractivity contribution is 6.15. The number of hydrogen-bond acceptors (Lipinski definition) is 1. The second-order valence-electron chi connectivity index (χ2n) is 18.0. The molecule has 3 heteroatoms. The molecular weight excluding hydrogens is 837 g/mol. The van der Waals surface area contributed by atoms with E-state index in [9.17, 15) is 0 Å². The zero-order valence-corrected chi connectivity index (χ0v) is 37.6. The van der Waals surface area contributed by atoms with Crippen molar-refractivity contribution in [3.63, 3.8) is 0 Å². The molecule has 0 aliphatic carbocycles. The number of furan rings is 1. The average molecular weight is 879 g/mol. The molecule has 3 heterocycles. The lowest BCUT2D eigenvalue weighted by molar-refractivity contribution is 0.670. The number of benzene rings is 11. The molecule has 3 aromatic heterocycles. The molecule has 14 rings (SSSR count). The third kappa shape index (κ3) is 6.21. The molecule has 0 spiro atoms. The van der Waals surface area contributed by atoms with Crippen LogP contribution in [0.15, 0.2) is 259 Å². The molecule has 0 unspecified atom stereocenters. The van der Waals surface area contributed by atoms with Crippen LogP contribution in [-0.4, -0.2) is 9.13 Å². The van der Waals surface area contributed by atoms with Crippen molar-refractivity contribution in [2.24, 2.45) is 0 Å². The minimum Gasteiger partial charge on any atom is -0.455 e. The highest BCUT2D eigenvalue weighted by Crippen LogP contribution is 2.45. The minimum atomic E-state index is 0.880. The molecule has 0 radical (unpaired) electrons. The predicted molar refractivity (Wildman–Crippen MR) is 290 cm³/mol. The van der Waals surface area contributed by atoms with Gasteiger partial charge in [-0.2, -0.15) is 0 Å². The van der Waals surface area contributed by atoms with Crippen LogP contribution < -0.4 is 0 Å². The van der Waals surface area contributed by atoms with Gasteiger partial charge in [0.1, 0.15) is 11.2 Å². The lowest BCUT2D eigenvalue weighted by Gasteiger charge is -2.18. The van der Waals surface area contributed by atoms with Crippen LogP contribution >= 0.6 is 0 Å². The number of hydrogen-bond donors (Lipinski definition) is 0. The maximum Gasteiger partial charge on any atom is 0.143 e. The lowest BCUT2D eigenvalue weighted by Crippen LogP contribution is -2.01. The van der Waals surface area contributed by atoms with Gasteiger partial charge in [-0.25, -0.2) is 0 Å². The Morgan fingerprint density at radius 3 is 1.28 bits per heavy atom. The Morgan fingerprint density at radius 2 is 0.696 bits per heavy atom. The molecule has 14 aromatic rings. The van der Waals surface area contributed by atoms with Gasteiger partial charge in [-0.15, -0.1) is 0 Å². The number of rotatable bonds is 7. The van der Waals surface area contributed by atoms with Crippen LogP contribution in [0.5, 0.6) is 0 Å². The SMILES string of the molecule is c1ccc(-c2ccccc2-c2ccc3c(c2)c2cc(-c4ccccc4-c4ccccc4)ccc2n3-c2cc(-n3c4ccccc4c4ccccc43)ccc2-c2cccc3c2oc2ccccc23)cc1. The molecule has 322 valence electrons. The van der Waals surface area contributed by atoms with Gasteiger partial charge in [0.2, 0.25) is 0 Å². The van der Waals surface area contributed by atoms with Crippen LogP contribution in [0, 0.1) is 0 Å². The summed E-state index contributed by atoms with van der Waals surface area (Å²) >= 11 is 0. The Hall–Kier alpha value is -9.18. The van der Waals surface area contributed by atoms with E-state index >= 15 is 0 Å². The summed E-state index contributed by atoms with van der Waals surface area (Å²) in [5, 5.41) is 7.04. The van der Waals surface area contributed by atoms with Crippen LogP contribution in [0.3, 0.4) is 0 Å². The lowest BCUT2D eigenvalue weighted by atomic mass is 9.92. The van der Waals surface area contributed by atoms with Crippen molar-refractivity contribution in [3.05, 3.63) is 255 Å². The summed E-state index contributed by atoms with van der Waals surface area (Å²) in [5.41, 5.74) is 20.2. The standard InChI is InChI=1S/C66H42N2O/c1-3-18-43(19-4-1)48-22-7-9-24-50(48)45-34-38-62-58(40-45)59-41-46(51-25-10-8-23-49(51)44-20-5-2-6-21-44)35-39-63(59)68(62)64-42-47(67-60-31-14-11-26-52(60)53-27-12-15-32-61(53)67)36-37-54(64)56-29-17-30-57-55-28-13-16-33-65(55)69-66(56)57/h1-42H. The quantitative estimate of drug-likeness (QED) is 0.156. The zero-order valence-electron chi connectivity index (χ0n) is 37.6. The summed E-state index contributed by atoms with van der Waals surface area (Å²) < 4.78 is 11.7. The van der Waals surface area contributed by atoms with Crippen LogP contribution in [0.2, 0.25) is 0 Å². The Labute approximate surface area is 399 Å². The van der Waals surface area contributed by atoms with Gasteiger partial charge in [0.25, 0.3) is 0 Å². The first kappa shape index (κ1) is 39.0. The van der Waals surface area contributed by atoms with Crippen molar-refractivity contribution in [3.8, 4) is 67.0 Å². The summed E-state index contributed by atoms with van der Waals surface area (Å²) in [7, 11) is 0.